The van der Waals surface area contributed by atoms with Crippen molar-refractivity contribution in [2.45, 2.75) is 71.6 Å². The summed E-state index contributed by atoms with van der Waals surface area (Å²) in [5.41, 5.74) is 3.49. The normalized spacial score (nSPS) is 12.8. The minimum Gasteiger partial charge on any atom is -0.340 e. The first kappa shape index (κ1) is 21.3. The fourth-order valence-electron chi connectivity index (χ4n) is 3.34. The van der Waals surface area contributed by atoms with Crippen LogP contribution >= 0.6 is 0 Å². The summed E-state index contributed by atoms with van der Waals surface area (Å²) in [5, 5.41) is 18.5. The van der Waals surface area contributed by atoms with Crippen molar-refractivity contribution < 1.29 is 20.3 Å². The fraction of sp³-hybridized carbons (Fsp3) is 0.478. The SMILES string of the molecule is CC(C)(C)c1cc(C(C)(C)c2ccc(OO)c(C(C)(C)C)c2)ccc1OO. The Morgan fingerprint density at radius 2 is 0.926 bits per heavy atom. The zero-order valence-corrected chi connectivity index (χ0v) is 17.7. The Kier molecular flexibility index (Phi) is 5.65. The third kappa shape index (κ3) is 4.28. The van der Waals surface area contributed by atoms with Crippen molar-refractivity contribution >= 4 is 0 Å². The molecular formula is C23H32O4. The van der Waals surface area contributed by atoms with Gasteiger partial charge in [0.1, 0.15) is 0 Å². The zero-order chi connectivity index (χ0) is 20.6. The molecular weight excluding hydrogens is 340 g/mol. The lowest BCUT2D eigenvalue weighted by Gasteiger charge is -2.31. The molecule has 2 aromatic carbocycles. The Labute approximate surface area is 162 Å². The topological polar surface area (TPSA) is 58.9 Å². The van der Waals surface area contributed by atoms with Crippen molar-refractivity contribution in [3.05, 3.63) is 58.7 Å². The van der Waals surface area contributed by atoms with Gasteiger partial charge in [0.15, 0.2) is 11.5 Å². The van der Waals surface area contributed by atoms with Crippen LogP contribution in [0.25, 0.3) is 0 Å². The van der Waals surface area contributed by atoms with Crippen LogP contribution in [0.15, 0.2) is 36.4 Å². The highest BCUT2D eigenvalue weighted by Crippen LogP contribution is 2.41. The molecule has 0 aliphatic heterocycles. The number of hydrogen-bond acceptors (Lipinski definition) is 4. The Morgan fingerprint density at radius 1 is 0.593 bits per heavy atom. The molecule has 0 aliphatic rings. The van der Waals surface area contributed by atoms with Gasteiger partial charge in [-0.15, -0.1) is 0 Å². The van der Waals surface area contributed by atoms with Crippen molar-refractivity contribution in [1.82, 2.24) is 0 Å². The minimum atomic E-state index is -0.290. The van der Waals surface area contributed by atoms with Gasteiger partial charge < -0.3 is 9.78 Å². The van der Waals surface area contributed by atoms with Gasteiger partial charge in [-0.25, -0.2) is 10.5 Å². The van der Waals surface area contributed by atoms with Gasteiger partial charge in [-0.1, -0.05) is 79.7 Å². The molecule has 2 rings (SSSR count). The second-order valence-corrected chi connectivity index (χ2v) is 9.73. The van der Waals surface area contributed by atoms with E-state index < -0.39 is 0 Å². The van der Waals surface area contributed by atoms with E-state index in [1.807, 2.05) is 24.3 Å². The first-order valence-electron chi connectivity index (χ1n) is 9.25. The maximum atomic E-state index is 9.24. The molecule has 4 heteroatoms. The Hall–Kier alpha value is -2.04. The first-order valence-corrected chi connectivity index (χ1v) is 9.25. The number of benzene rings is 2. The molecule has 4 nitrogen and oxygen atoms in total. The molecule has 0 saturated heterocycles. The quantitative estimate of drug-likeness (QED) is 0.487. The molecule has 0 aliphatic carbocycles. The molecule has 2 N–H and O–H groups in total. The summed E-state index contributed by atoms with van der Waals surface area (Å²) in [6, 6.07) is 11.8. The van der Waals surface area contributed by atoms with E-state index in [-0.39, 0.29) is 16.2 Å². The predicted octanol–water partition coefficient (Wildman–Crippen LogP) is 6.31. The standard InChI is InChI=1S/C23H32O4/c1-21(2,3)17-13-15(9-11-19(17)26-24)23(7,8)16-10-12-20(27-25)18(14-16)22(4,5)6/h9-14,24-25H,1-8H3. The van der Waals surface area contributed by atoms with Gasteiger partial charge in [0.05, 0.1) is 0 Å². The van der Waals surface area contributed by atoms with Crippen LogP contribution in [0.2, 0.25) is 0 Å². The van der Waals surface area contributed by atoms with Crippen LogP contribution in [0.1, 0.15) is 77.6 Å². The number of hydrogen-bond donors (Lipinski definition) is 2. The second-order valence-electron chi connectivity index (χ2n) is 9.73. The summed E-state index contributed by atoms with van der Waals surface area (Å²) in [6.45, 7) is 16.9. The summed E-state index contributed by atoms with van der Waals surface area (Å²) < 4.78 is 0. The molecule has 0 fully saturated rings. The molecule has 0 aromatic heterocycles. The van der Waals surface area contributed by atoms with Gasteiger partial charge in [-0.3, -0.25) is 0 Å². The van der Waals surface area contributed by atoms with Crippen LogP contribution in [0.4, 0.5) is 0 Å². The highest BCUT2D eigenvalue weighted by atomic mass is 17.1. The predicted molar refractivity (Wildman–Crippen MR) is 109 cm³/mol. The highest BCUT2D eigenvalue weighted by Gasteiger charge is 2.29. The van der Waals surface area contributed by atoms with Crippen LogP contribution in [-0.2, 0) is 16.2 Å². The largest absolute Gasteiger partial charge is 0.340 e. The summed E-state index contributed by atoms with van der Waals surface area (Å²) in [7, 11) is 0. The van der Waals surface area contributed by atoms with Crippen LogP contribution in [0.3, 0.4) is 0 Å². The van der Waals surface area contributed by atoms with E-state index in [4.69, 9.17) is 0 Å². The second kappa shape index (κ2) is 7.17. The molecule has 27 heavy (non-hydrogen) atoms. The maximum absolute atomic E-state index is 9.24. The lowest BCUT2D eigenvalue weighted by Crippen LogP contribution is -2.23. The van der Waals surface area contributed by atoms with Crippen molar-refractivity contribution in [2.75, 3.05) is 0 Å². The van der Waals surface area contributed by atoms with Crippen molar-refractivity contribution in [2.24, 2.45) is 0 Å². The van der Waals surface area contributed by atoms with Crippen LogP contribution < -0.4 is 9.78 Å². The average molecular weight is 373 g/mol. The van der Waals surface area contributed by atoms with Gasteiger partial charge >= 0.3 is 0 Å². The molecule has 0 saturated carbocycles. The summed E-state index contributed by atoms with van der Waals surface area (Å²) in [5.74, 6) is 0.947. The third-order valence-electron chi connectivity index (χ3n) is 5.22. The van der Waals surface area contributed by atoms with Crippen LogP contribution in [0.5, 0.6) is 11.5 Å². The van der Waals surface area contributed by atoms with Gasteiger partial charge in [-0.05, 0) is 34.1 Å². The summed E-state index contributed by atoms with van der Waals surface area (Å²) in [4.78, 5) is 9.19. The van der Waals surface area contributed by atoms with E-state index in [2.05, 4.69) is 77.3 Å². The van der Waals surface area contributed by atoms with Crippen LogP contribution in [-0.4, -0.2) is 10.5 Å². The molecule has 148 valence electrons. The Bertz CT molecular complexity index is 741. The molecule has 0 heterocycles. The van der Waals surface area contributed by atoms with Gasteiger partial charge in [0.2, 0.25) is 0 Å². The zero-order valence-electron chi connectivity index (χ0n) is 17.7. The Morgan fingerprint density at radius 3 is 1.19 bits per heavy atom. The maximum Gasteiger partial charge on any atom is 0.168 e. The number of rotatable bonds is 4. The van der Waals surface area contributed by atoms with E-state index in [0.29, 0.717) is 11.5 Å². The van der Waals surface area contributed by atoms with E-state index >= 15 is 0 Å². The monoisotopic (exact) mass is 372 g/mol. The van der Waals surface area contributed by atoms with Crippen molar-refractivity contribution in [1.29, 1.82) is 0 Å². The molecule has 0 atom stereocenters. The summed E-state index contributed by atoms with van der Waals surface area (Å²) in [6.07, 6.45) is 0. The molecule has 0 bridgehead atoms. The van der Waals surface area contributed by atoms with E-state index in [1.165, 1.54) is 0 Å². The molecule has 2 aromatic rings. The Balaban J connectivity index is 2.63. The first-order chi connectivity index (χ1) is 12.3. The third-order valence-corrected chi connectivity index (χ3v) is 5.22. The highest BCUT2D eigenvalue weighted by molar-refractivity contribution is 5.50. The molecule has 0 radical (unpaired) electrons. The van der Waals surface area contributed by atoms with Gasteiger partial charge in [-0.2, -0.15) is 0 Å². The fourth-order valence-corrected chi connectivity index (χ4v) is 3.34. The molecule has 0 amide bonds. The average Bonchev–Trinajstić information content (AvgIpc) is 2.58. The van der Waals surface area contributed by atoms with Crippen molar-refractivity contribution in [3.63, 3.8) is 0 Å². The smallest absolute Gasteiger partial charge is 0.168 e. The lowest BCUT2D eigenvalue weighted by molar-refractivity contribution is -0.138. The summed E-state index contributed by atoms with van der Waals surface area (Å²) >= 11 is 0. The molecule has 0 unspecified atom stereocenters. The van der Waals surface area contributed by atoms with Crippen LogP contribution in [0, 0.1) is 0 Å². The minimum absolute atomic E-state index is 0.171. The van der Waals surface area contributed by atoms with E-state index in [1.54, 1.807) is 0 Å². The van der Waals surface area contributed by atoms with E-state index in [9.17, 15) is 10.5 Å². The van der Waals surface area contributed by atoms with Gasteiger partial charge in [0.25, 0.3) is 0 Å². The van der Waals surface area contributed by atoms with Crippen molar-refractivity contribution in [3.8, 4) is 11.5 Å². The molecule has 0 spiro atoms. The lowest BCUT2D eigenvalue weighted by atomic mass is 9.73. The van der Waals surface area contributed by atoms with Gasteiger partial charge in [0, 0.05) is 16.5 Å². The van der Waals surface area contributed by atoms with E-state index in [0.717, 1.165) is 22.3 Å².